The maximum atomic E-state index is 5.62. The number of nitrogens with two attached hydrogens (primary N) is 1. The van der Waals surface area contributed by atoms with Gasteiger partial charge in [-0.15, -0.1) is 12.4 Å². The normalized spacial score (nSPS) is 8.60. The first-order valence-electron chi connectivity index (χ1n) is 3.03. The topological polar surface area (TPSA) is 26.0 Å². The summed E-state index contributed by atoms with van der Waals surface area (Å²) < 4.78 is 0. The van der Waals surface area contributed by atoms with Crippen molar-refractivity contribution >= 4 is 18.1 Å². The Morgan fingerprint density at radius 2 is 1.80 bits per heavy atom. The van der Waals surface area contributed by atoms with Crippen molar-refractivity contribution in [2.24, 2.45) is 0 Å². The highest BCUT2D eigenvalue weighted by Crippen LogP contribution is 2.10. The van der Waals surface area contributed by atoms with E-state index < -0.39 is 0 Å². The molecule has 0 radical (unpaired) electrons. The molecule has 1 aromatic rings. The first-order chi connectivity index (χ1) is 4.20. The van der Waals surface area contributed by atoms with Crippen molar-refractivity contribution in [3.05, 3.63) is 29.3 Å². The average Bonchev–Trinajstić information content (AvgIpc) is 1.80. The van der Waals surface area contributed by atoms with Crippen molar-refractivity contribution in [3.63, 3.8) is 0 Å². The van der Waals surface area contributed by atoms with Crippen LogP contribution in [0.4, 0.5) is 5.69 Å². The minimum absolute atomic E-state index is 0. The van der Waals surface area contributed by atoms with E-state index in [9.17, 15) is 0 Å². The van der Waals surface area contributed by atoms with Gasteiger partial charge in [-0.1, -0.05) is 12.1 Å². The Bertz CT molecular complexity index is 220. The predicted molar refractivity (Wildman–Crippen MR) is 47.6 cm³/mol. The van der Waals surface area contributed by atoms with E-state index >= 15 is 0 Å². The number of hydrogen-bond donors (Lipinski definition) is 1. The lowest BCUT2D eigenvalue weighted by molar-refractivity contribution is 1.40. The van der Waals surface area contributed by atoms with Gasteiger partial charge in [0.25, 0.3) is 0 Å². The first kappa shape index (κ1) is 9.31. The van der Waals surface area contributed by atoms with Gasteiger partial charge in [0.1, 0.15) is 0 Å². The van der Waals surface area contributed by atoms with Gasteiger partial charge in [-0.25, -0.2) is 0 Å². The van der Waals surface area contributed by atoms with Crippen molar-refractivity contribution < 1.29 is 0 Å². The maximum absolute atomic E-state index is 5.62. The molecule has 0 aliphatic carbocycles. The highest BCUT2D eigenvalue weighted by molar-refractivity contribution is 5.85. The van der Waals surface area contributed by atoms with Gasteiger partial charge in [0.05, 0.1) is 0 Å². The first-order valence-corrected chi connectivity index (χ1v) is 3.03. The number of halogens is 1. The van der Waals surface area contributed by atoms with E-state index in [4.69, 9.17) is 5.73 Å². The number of aryl methyl sites for hydroxylation is 2. The van der Waals surface area contributed by atoms with Crippen LogP contribution in [0.15, 0.2) is 18.2 Å². The van der Waals surface area contributed by atoms with Crippen molar-refractivity contribution in [2.45, 2.75) is 13.8 Å². The largest absolute Gasteiger partial charge is 0.399 e. The summed E-state index contributed by atoms with van der Waals surface area (Å²) in [7, 11) is 0. The summed E-state index contributed by atoms with van der Waals surface area (Å²) >= 11 is 0. The molecule has 2 heteroatoms. The van der Waals surface area contributed by atoms with Gasteiger partial charge in [-0.2, -0.15) is 0 Å². The van der Waals surface area contributed by atoms with Gasteiger partial charge in [-0.3, -0.25) is 0 Å². The Hall–Kier alpha value is -0.690. The molecular formula is C8H12ClN. The van der Waals surface area contributed by atoms with Gasteiger partial charge < -0.3 is 5.73 Å². The number of rotatable bonds is 0. The van der Waals surface area contributed by atoms with Crippen LogP contribution in [-0.4, -0.2) is 0 Å². The van der Waals surface area contributed by atoms with Crippen LogP contribution in [-0.2, 0) is 0 Å². The molecule has 0 aromatic heterocycles. The summed E-state index contributed by atoms with van der Waals surface area (Å²) in [5, 5.41) is 0. The number of hydrogen-bond acceptors (Lipinski definition) is 1. The van der Waals surface area contributed by atoms with Crippen molar-refractivity contribution in [1.82, 2.24) is 0 Å². The lowest BCUT2D eigenvalue weighted by atomic mass is 10.1. The van der Waals surface area contributed by atoms with E-state index in [1.807, 2.05) is 26.0 Å². The summed E-state index contributed by atoms with van der Waals surface area (Å²) in [6.45, 7) is 4.05. The minimum atomic E-state index is 0. The highest BCUT2D eigenvalue weighted by atomic mass is 35.5. The van der Waals surface area contributed by atoms with E-state index in [1.54, 1.807) is 0 Å². The molecule has 0 atom stereocenters. The van der Waals surface area contributed by atoms with Gasteiger partial charge >= 0.3 is 0 Å². The van der Waals surface area contributed by atoms with Crippen molar-refractivity contribution in [2.75, 3.05) is 5.73 Å². The fraction of sp³-hybridized carbons (Fsp3) is 0.250. The lowest BCUT2D eigenvalue weighted by Crippen LogP contribution is -1.88. The van der Waals surface area contributed by atoms with E-state index in [0.29, 0.717) is 0 Å². The van der Waals surface area contributed by atoms with Crippen LogP contribution in [0.3, 0.4) is 0 Å². The van der Waals surface area contributed by atoms with Gasteiger partial charge in [-0.05, 0) is 31.0 Å². The summed E-state index contributed by atoms with van der Waals surface area (Å²) in [5.41, 5.74) is 8.88. The molecule has 10 heavy (non-hydrogen) atoms. The molecule has 0 amide bonds. The predicted octanol–water partition coefficient (Wildman–Crippen LogP) is 2.31. The SMILES string of the molecule is Cc1ccc(C)c(N)c1.Cl. The Morgan fingerprint density at radius 1 is 1.20 bits per heavy atom. The molecule has 0 saturated carbocycles. The third kappa shape index (κ3) is 1.92. The number of anilines is 1. The van der Waals surface area contributed by atoms with Gasteiger partial charge in [0.2, 0.25) is 0 Å². The third-order valence-electron chi connectivity index (χ3n) is 1.43. The molecule has 0 spiro atoms. The zero-order valence-corrected chi connectivity index (χ0v) is 7.03. The van der Waals surface area contributed by atoms with Crippen molar-refractivity contribution in [3.8, 4) is 0 Å². The van der Waals surface area contributed by atoms with E-state index in [0.717, 1.165) is 11.3 Å². The second-order valence-corrected chi connectivity index (χ2v) is 2.36. The van der Waals surface area contributed by atoms with E-state index in [2.05, 4.69) is 6.07 Å². The molecule has 0 heterocycles. The molecule has 0 unspecified atom stereocenters. The molecule has 0 bridgehead atoms. The molecule has 0 aliphatic rings. The molecule has 1 rings (SSSR count). The summed E-state index contributed by atoms with van der Waals surface area (Å²) in [4.78, 5) is 0. The Balaban J connectivity index is 0.000000810. The van der Waals surface area contributed by atoms with E-state index in [1.165, 1.54) is 5.56 Å². The molecule has 56 valence electrons. The Kier molecular flexibility index (Phi) is 3.23. The highest BCUT2D eigenvalue weighted by Gasteiger charge is 1.89. The van der Waals surface area contributed by atoms with Crippen LogP contribution in [0, 0.1) is 13.8 Å². The summed E-state index contributed by atoms with van der Waals surface area (Å²) in [6.07, 6.45) is 0. The smallest absolute Gasteiger partial charge is 0.0346 e. The van der Waals surface area contributed by atoms with E-state index in [-0.39, 0.29) is 12.4 Å². The standard InChI is InChI=1S/C8H11N.ClH/c1-6-3-4-7(2)8(9)5-6;/h3-5H,9H2,1-2H3;1H. The summed E-state index contributed by atoms with van der Waals surface area (Å²) in [5.74, 6) is 0. The molecule has 0 saturated heterocycles. The zero-order chi connectivity index (χ0) is 6.85. The van der Waals surface area contributed by atoms with Crippen LogP contribution in [0.25, 0.3) is 0 Å². The van der Waals surface area contributed by atoms with Crippen LogP contribution in [0.5, 0.6) is 0 Å². The average molecular weight is 158 g/mol. The van der Waals surface area contributed by atoms with Crippen LogP contribution >= 0.6 is 12.4 Å². The lowest BCUT2D eigenvalue weighted by Gasteiger charge is -1.98. The Morgan fingerprint density at radius 3 is 2.20 bits per heavy atom. The van der Waals surface area contributed by atoms with Crippen molar-refractivity contribution in [1.29, 1.82) is 0 Å². The number of benzene rings is 1. The fourth-order valence-corrected chi connectivity index (χ4v) is 0.760. The molecule has 1 aromatic carbocycles. The van der Waals surface area contributed by atoms with Gasteiger partial charge in [0.15, 0.2) is 0 Å². The maximum Gasteiger partial charge on any atom is 0.0346 e. The fourth-order valence-electron chi connectivity index (χ4n) is 0.760. The molecular weight excluding hydrogens is 146 g/mol. The number of nitrogen functional groups attached to an aromatic ring is 1. The molecule has 2 N–H and O–H groups in total. The molecule has 0 aliphatic heterocycles. The second kappa shape index (κ2) is 3.47. The minimum Gasteiger partial charge on any atom is -0.399 e. The second-order valence-electron chi connectivity index (χ2n) is 2.36. The zero-order valence-electron chi connectivity index (χ0n) is 6.22. The van der Waals surface area contributed by atoms with Crippen LogP contribution in [0.2, 0.25) is 0 Å². The molecule has 1 nitrogen and oxygen atoms in total. The molecule has 0 fully saturated rings. The quantitative estimate of drug-likeness (QED) is 0.575. The van der Waals surface area contributed by atoms with Gasteiger partial charge in [0, 0.05) is 5.69 Å². The monoisotopic (exact) mass is 157 g/mol. The Labute approximate surface area is 67.7 Å². The summed E-state index contributed by atoms with van der Waals surface area (Å²) in [6, 6.07) is 6.08. The van der Waals surface area contributed by atoms with Crippen LogP contribution in [0.1, 0.15) is 11.1 Å². The third-order valence-corrected chi connectivity index (χ3v) is 1.43. The van der Waals surface area contributed by atoms with Crippen LogP contribution < -0.4 is 5.73 Å².